The zero-order valence-corrected chi connectivity index (χ0v) is 36.2. The van der Waals surface area contributed by atoms with Crippen molar-refractivity contribution in [1.82, 2.24) is 25.1 Å². The second kappa shape index (κ2) is 21.9. The number of carbonyl (C=O) groups is 3. The van der Waals surface area contributed by atoms with Crippen LogP contribution in [0, 0.1) is 6.92 Å². The van der Waals surface area contributed by atoms with E-state index in [4.69, 9.17) is 24.2 Å². The lowest BCUT2D eigenvalue weighted by atomic mass is 10.1. The van der Waals surface area contributed by atoms with Crippen LogP contribution in [-0.2, 0) is 9.59 Å². The molecule has 2 saturated heterocycles. The number of anilines is 2. The first-order valence-electron chi connectivity index (χ1n) is 21.0. The third kappa shape index (κ3) is 12.8. The van der Waals surface area contributed by atoms with E-state index in [-0.39, 0.29) is 30.9 Å². The van der Waals surface area contributed by atoms with Crippen molar-refractivity contribution < 1.29 is 28.6 Å². The van der Waals surface area contributed by atoms with Crippen LogP contribution >= 0.6 is 15.9 Å². The Labute approximate surface area is 356 Å². The van der Waals surface area contributed by atoms with Crippen LogP contribution in [0.3, 0.4) is 0 Å². The number of hydrogen-bond donors (Lipinski definition) is 2. The number of fused-ring (bicyclic) bond motifs is 1. The number of rotatable bonds is 21. The number of urea groups is 1. The van der Waals surface area contributed by atoms with Gasteiger partial charge in [0.15, 0.2) is 18.1 Å². The van der Waals surface area contributed by atoms with Crippen LogP contribution in [0.25, 0.3) is 10.9 Å². The summed E-state index contributed by atoms with van der Waals surface area (Å²) in [5.41, 5.74) is 2.61. The van der Waals surface area contributed by atoms with Gasteiger partial charge < -0.3 is 24.4 Å². The Bertz CT molecular complexity index is 2040. The summed E-state index contributed by atoms with van der Waals surface area (Å²) in [6.45, 7) is 9.14. The number of unbranched alkanes of at least 4 members (excludes halogenated alkanes) is 8. The highest BCUT2D eigenvalue weighted by Crippen LogP contribution is 2.36. The number of amides is 4. The predicted molar refractivity (Wildman–Crippen MR) is 235 cm³/mol. The maximum absolute atomic E-state index is 12.9. The minimum absolute atomic E-state index is 0.0368. The smallest absolute Gasteiger partial charge is 0.328 e. The first kappa shape index (κ1) is 43.6. The van der Waals surface area contributed by atoms with Gasteiger partial charge in [0, 0.05) is 66.8 Å². The molecule has 2 aliphatic heterocycles. The third-order valence-electron chi connectivity index (χ3n) is 10.9. The summed E-state index contributed by atoms with van der Waals surface area (Å²) in [4.78, 5) is 51.8. The maximum atomic E-state index is 12.9. The van der Waals surface area contributed by atoms with Gasteiger partial charge in [-0.3, -0.25) is 24.7 Å². The molecule has 14 heteroatoms. The molecule has 4 aromatic rings. The molecule has 1 atom stereocenters. The van der Waals surface area contributed by atoms with Crippen molar-refractivity contribution >= 4 is 56.2 Å². The molecule has 6 rings (SSSR count). The number of piperazine rings is 1. The van der Waals surface area contributed by atoms with Gasteiger partial charge in [0.25, 0.3) is 5.91 Å². The van der Waals surface area contributed by atoms with Gasteiger partial charge in [-0.25, -0.2) is 14.8 Å². The van der Waals surface area contributed by atoms with E-state index in [1.165, 1.54) is 49.8 Å². The van der Waals surface area contributed by atoms with E-state index in [1.54, 1.807) is 31.4 Å². The average Bonchev–Trinajstić information content (AvgIpc) is 3.23. The van der Waals surface area contributed by atoms with Gasteiger partial charge >= 0.3 is 6.03 Å². The highest BCUT2D eigenvalue weighted by atomic mass is 79.9. The van der Waals surface area contributed by atoms with E-state index in [0.29, 0.717) is 55.0 Å². The second-order valence-electron chi connectivity index (χ2n) is 15.4. The van der Waals surface area contributed by atoms with Crippen molar-refractivity contribution in [3.05, 3.63) is 76.5 Å². The highest BCUT2D eigenvalue weighted by molar-refractivity contribution is 9.10. The van der Waals surface area contributed by atoms with Gasteiger partial charge in [0.05, 0.1) is 25.3 Å². The molecule has 3 aromatic carbocycles. The number of hydrogen-bond acceptors (Lipinski definition) is 10. The Balaban J connectivity index is 0.798. The minimum atomic E-state index is -0.448. The number of halogens is 1. The summed E-state index contributed by atoms with van der Waals surface area (Å²) in [6.07, 6.45) is 11.0. The Hall–Kier alpha value is -4.95. The minimum Gasteiger partial charge on any atom is -0.493 e. The second-order valence-corrected chi connectivity index (χ2v) is 16.3. The molecule has 0 saturated carbocycles. The number of imide groups is 1. The van der Waals surface area contributed by atoms with Crippen molar-refractivity contribution in [2.45, 2.75) is 84.1 Å². The monoisotopic (exact) mass is 871 g/mol. The lowest BCUT2D eigenvalue weighted by Gasteiger charge is -2.34. The standard InChI is InChI=1S/C45H58BrN7O6/c1-32(34-15-13-16-35(46)27-34)47-44-38-29-40(57-3)41(30-39(38)48-33(2)49-44)58-26-12-10-8-6-4-5-7-9-11-20-51-22-24-52(25-23-51)43(55)31-59-37-18-14-17-36(28-37)53-21-19-42(54)50-45(53)56/h13-18,27-30,32H,4-12,19-26,31H2,1-3H3,(H,47,48,49)(H,50,54,56)/t32-/m1/s1. The van der Waals surface area contributed by atoms with E-state index in [1.807, 2.05) is 36.1 Å². The molecule has 1 aromatic heterocycles. The SMILES string of the molecule is COc1cc2c(N[C@H](C)c3cccc(Br)c3)nc(C)nc2cc1OCCCCCCCCCCCN1CCN(C(=O)COc2cccc(N3CCC(=O)NC3=O)c2)CC1. The van der Waals surface area contributed by atoms with Crippen LogP contribution in [0.15, 0.2) is 65.1 Å². The molecule has 0 unspecified atom stereocenters. The largest absolute Gasteiger partial charge is 0.493 e. The van der Waals surface area contributed by atoms with Crippen molar-refractivity contribution in [3.8, 4) is 17.2 Å². The fourth-order valence-electron chi connectivity index (χ4n) is 7.57. The van der Waals surface area contributed by atoms with Gasteiger partial charge in [-0.15, -0.1) is 0 Å². The molecule has 4 amide bonds. The summed E-state index contributed by atoms with van der Waals surface area (Å²) in [5, 5.41) is 6.79. The van der Waals surface area contributed by atoms with Crippen molar-refractivity contribution in [3.63, 3.8) is 0 Å². The Morgan fingerprint density at radius 2 is 1.58 bits per heavy atom. The number of aromatic nitrogens is 2. The summed E-state index contributed by atoms with van der Waals surface area (Å²) >= 11 is 3.57. The average molecular weight is 873 g/mol. The van der Waals surface area contributed by atoms with Gasteiger partial charge in [0.2, 0.25) is 5.91 Å². The normalized spacial score (nSPS) is 15.3. The number of benzene rings is 3. The van der Waals surface area contributed by atoms with E-state index in [0.717, 1.165) is 59.2 Å². The number of methoxy groups -OCH3 is 1. The van der Waals surface area contributed by atoms with Crippen molar-refractivity contribution in [2.75, 3.05) is 69.8 Å². The molecule has 2 aliphatic rings. The Morgan fingerprint density at radius 3 is 2.31 bits per heavy atom. The fraction of sp³-hybridized carbons (Fsp3) is 0.489. The molecule has 2 fully saturated rings. The molecular weight excluding hydrogens is 814 g/mol. The predicted octanol–water partition coefficient (Wildman–Crippen LogP) is 8.44. The zero-order valence-electron chi connectivity index (χ0n) is 34.6. The van der Waals surface area contributed by atoms with Crippen molar-refractivity contribution in [1.29, 1.82) is 0 Å². The molecule has 2 N–H and O–H groups in total. The van der Waals surface area contributed by atoms with Gasteiger partial charge in [-0.2, -0.15) is 0 Å². The lowest BCUT2D eigenvalue weighted by molar-refractivity contribution is -0.135. The van der Waals surface area contributed by atoms with E-state index in [2.05, 4.69) is 50.5 Å². The Kier molecular flexibility index (Phi) is 16.2. The number of nitrogens with one attached hydrogen (secondary N) is 2. The van der Waals surface area contributed by atoms with Gasteiger partial charge in [-0.1, -0.05) is 79.1 Å². The van der Waals surface area contributed by atoms with Crippen LogP contribution in [-0.4, -0.2) is 97.2 Å². The first-order valence-corrected chi connectivity index (χ1v) is 21.8. The molecule has 0 radical (unpaired) electrons. The van der Waals surface area contributed by atoms with Gasteiger partial charge in [-0.05, 0) is 69.1 Å². The molecule has 13 nitrogen and oxygen atoms in total. The summed E-state index contributed by atoms with van der Waals surface area (Å²) < 4.78 is 18.8. The molecule has 3 heterocycles. The maximum Gasteiger partial charge on any atom is 0.328 e. The van der Waals surface area contributed by atoms with Crippen molar-refractivity contribution in [2.24, 2.45) is 0 Å². The quantitative estimate of drug-likeness (QED) is 0.0785. The summed E-state index contributed by atoms with van der Waals surface area (Å²) in [5.74, 6) is 3.04. The van der Waals surface area contributed by atoms with E-state index >= 15 is 0 Å². The molecular formula is C45H58BrN7O6. The molecule has 59 heavy (non-hydrogen) atoms. The molecule has 0 bridgehead atoms. The Morgan fingerprint density at radius 1 is 0.847 bits per heavy atom. The number of ether oxygens (including phenoxy) is 3. The summed E-state index contributed by atoms with van der Waals surface area (Å²) in [7, 11) is 1.67. The van der Waals surface area contributed by atoms with Crippen LogP contribution in [0.5, 0.6) is 17.2 Å². The number of carbonyl (C=O) groups excluding carboxylic acids is 3. The molecule has 316 valence electrons. The van der Waals surface area contributed by atoms with Gasteiger partial charge in [0.1, 0.15) is 17.4 Å². The third-order valence-corrected chi connectivity index (χ3v) is 11.4. The highest BCUT2D eigenvalue weighted by Gasteiger charge is 2.25. The van der Waals surface area contributed by atoms with Crippen LogP contribution < -0.4 is 29.7 Å². The number of nitrogens with zero attached hydrogens (tertiary/aromatic N) is 5. The zero-order chi connectivity index (χ0) is 41.6. The number of aryl methyl sites for hydroxylation is 1. The fourth-order valence-corrected chi connectivity index (χ4v) is 7.98. The van der Waals surface area contributed by atoms with E-state index in [9.17, 15) is 14.4 Å². The topological polar surface area (TPSA) is 138 Å². The lowest BCUT2D eigenvalue weighted by Crippen LogP contribution is -2.50. The summed E-state index contributed by atoms with van der Waals surface area (Å²) in [6, 6.07) is 18.9. The molecule has 0 aliphatic carbocycles. The molecule has 0 spiro atoms. The van der Waals surface area contributed by atoms with E-state index < -0.39 is 6.03 Å². The van der Waals surface area contributed by atoms with Crippen LogP contribution in [0.2, 0.25) is 0 Å². The van der Waals surface area contributed by atoms with Crippen LogP contribution in [0.1, 0.15) is 88.6 Å². The first-order chi connectivity index (χ1) is 28.7. The van der Waals surface area contributed by atoms with Crippen LogP contribution in [0.4, 0.5) is 16.3 Å².